The Labute approximate surface area is 247 Å². The second kappa shape index (κ2) is 11.8. The molecule has 1 heterocycles. The van der Waals surface area contributed by atoms with E-state index in [1.54, 1.807) is 45.9 Å². The number of rotatable bonds is 7. The van der Waals surface area contributed by atoms with Gasteiger partial charge >= 0.3 is 0 Å². The first-order valence-corrected chi connectivity index (χ1v) is 14.0. The molecule has 0 saturated heterocycles. The predicted molar refractivity (Wildman–Crippen MR) is 163 cm³/mol. The summed E-state index contributed by atoms with van der Waals surface area (Å²) < 4.78 is 1.58. The zero-order chi connectivity index (χ0) is 28.4. The van der Waals surface area contributed by atoms with Gasteiger partial charge < -0.3 is 4.90 Å². The molecular formula is C32H26Cl3N3O2. The number of carbonyl (C=O) groups is 1. The molecule has 5 nitrogen and oxygen atoms in total. The Morgan fingerprint density at radius 3 is 2.27 bits per heavy atom. The van der Waals surface area contributed by atoms with Crippen molar-refractivity contribution in [3.8, 4) is 5.69 Å². The van der Waals surface area contributed by atoms with Crippen molar-refractivity contribution >= 4 is 51.6 Å². The van der Waals surface area contributed by atoms with Crippen molar-refractivity contribution in [2.45, 2.75) is 26.3 Å². The van der Waals surface area contributed by atoms with Gasteiger partial charge in [0.15, 0.2) is 0 Å². The highest BCUT2D eigenvalue weighted by atomic mass is 35.5. The van der Waals surface area contributed by atoms with Gasteiger partial charge in [-0.3, -0.25) is 14.2 Å². The molecule has 1 aromatic heterocycles. The third kappa shape index (κ3) is 5.78. The Bertz CT molecular complexity index is 1750. The summed E-state index contributed by atoms with van der Waals surface area (Å²) in [4.78, 5) is 34.6. The van der Waals surface area contributed by atoms with E-state index in [2.05, 4.69) is 0 Å². The number of benzene rings is 4. The zero-order valence-corrected chi connectivity index (χ0v) is 24.2. The lowest BCUT2D eigenvalue weighted by Crippen LogP contribution is -2.39. The first-order valence-electron chi connectivity index (χ1n) is 12.8. The number of aromatic nitrogens is 2. The number of nitrogens with zero attached hydrogens (tertiary/aromatic N) is 3. The number of halogens is 3. The largest absolute Gasteiger partial charge is 0.328 e. The van der Waals surface area contributed by atoms with Crippen molar-refractivity contribution < 1.29 is 4.79 Å². The lowest BCUT2D eigenvalue weighted by molar-refractivity contribution is 0.0684. The minimum atomic E-state index is -0.611. The number of carbonyl (C=O) groups excluding carboxylic acids is 1. The Hall–Kier alpha value is -3.64. The fourth-order valence-electron chi connectivity index (χ4n) is 4.72. The molecule has 1 unspecified atom stereocenters. The van der Waals surface area contributed by atoms with Gasteiger partial charge in [0.05, 0.1) is 33.2 Å². The number of hydrogen-bond donors (Lipinski definition) is 0. The highest BCUT2D eigenvalue weighted by Crippen LogP contribution is 2.29. The van der Waals surface area contributed by atoms with Crippen LogP contribution in [0.2, 0.25) is 15.1 Å². The van der Waals surface area contributed by atoms with Gasteiger partial charge in [0.1, 0.15) is 5.82 Å². The summed E-state index contributed by atoms with van der Waals surface area (Å²) in [5.74, 6) is 0.121. The third-order valence-electron chi connectivity index (χ3n) is 6.90. The van der Waals surface area contributed by atoms with Gasteiger partial charge in [-0.25, -0.2) is 4.98 Å². The summed E-state index contributed by atoms with van der Waals surface area (Å²) in [6.07, 6.45) is 0.594. The smallest absolute Gasteiger partial charge is 0.266 e. The van der Waals surface area contributed by atoms with Crippen molar-refractivity contribution in [1.82, 2.24) is 14.5 Å². The molecule has 8 heteroatoms. The average Bonchev–Trinajstić information content (AvgIpc) is 2.94. The van der Waals surface area contributed by atoms with E-state index in [0.29, 0.717) is 51.0 Å². The van der Waals surface area contributed by atoms with E-state index in [1.165, 1.54) is 0 Å². The summed E-state index contributed by atoms with van der Waals surface area (Å²) >= 11 is 18.9. The Morgan fingerprint density at radius 2 is 1.57 bits per heavy atom. The molecule has 0 fully saturated rings. The second-order valence-electron chi connectivity index (χ2n) is 9.64. The average molecular weight is 591 g/mol. The first-order chi connectivity index (χ1) is 19.2. The molecule has 1 atom stereocenters. The van der Waals surface area contributed by atoms with Crippen LogP contribution in [0, 0.1) is 6.92 Å². The van der Waals surface area contributed by atoms with Crippen molar-refractivity contribution in [3.63, 3.8) is 0 Å². The predicted octanol–water partition coefficient (Wildman–Crippen LogP) is 8.10. The number of fused-ring (bicyclic) bond motifs is 1. The Kier molecular flexibility index (Phi) is 8.27. The van der Waals surface area contributed by atoms with E-state index in [4.69, 9.17) is 39.8 Å². The summed E-state index contributed by atoms with van der Waals surface area (Å²) in [7, 11) is 0. The SMILES string of the molecule is Cc1ccc(-n2c(C(C)N(CCc3ccccc3)C(=O)c3ccc(Cl)cc3Cl)nc3cc(Cl)ccc3c2=O)cc1. The highest BCUT2D eigenvalue weighted by molar-refractivity contribution is 6.36. The fourth-order valence-corrected chi connectivity index (χ4v) is 5.38. The molecule has 202 valence electrons. The molecule has 5 rings (SSSR count). The standard InChI is InChI=1S/C32H26Cl3N3O2/c1-20-8-12-25(13-9-20)38-30(36-29-19-24(34)11-15-27(29)32(38)40)21(2)37(17-16-22-6-4-3-5-7-22)31(39)26-14-10-23(33)18-28(26)35/h3-15,18-19,21H,16-17H2,1-2H3. The van der Waals surface area contributed by atoms with Gasteiger partial charge in [-0.2, -0.15) is 0 Å². The lowest BCUT2D eigenvalue weighted by atomic mass is 10.1. The van der Waals surface area contributed by atoms with E-state index in [0.717, 1.165) is 11.1 Å². The lowest BCUT2D eigenvalue weighted by Gasteiger charge is -2.31. The van der Waals surface area contributed by atoms with E-state index in [1.807, 2.05) is 68.4 Å². The van der Waals surface area contributed by atoms with Crippen LogP contribution in [0.5, 0.6) is 0 Å². The molecule has 0 aliphatic carbocycles. The van der Waals surface area contributed by atoms with Crippen LogP contribution in [0.3, 0.4) is 0 Å². The van der Waals surface area contributed by atoms with Crippen LogP contribution < -0.4 is 5.56 Å². The molecule has 0 N–H and O–H groups in total. The van der Waals surface area contributed by atoms with Crippen molar-refractivity contribution in [2.24, 2.45) is 0 Å². The van der Waals surface area contributed by atoms with Crippen LogP contribution in [0.15, 0.2) is 95.8 Å². The van der Waals surface area contributed by atoms with E-state index in [9.17, 15) is 9.59 Å². The molecule has 5 aromatic rings. The van der Waals surface area contributed by atoms with Gasteiger partial charge in [0, 0.05) is 16.6 Å². The van der Waals surface area contributed by atoms with Crippen LogP contribution in [0.4, 0.5) is 0 Å². The Morgan fingerprint density at radius 1 is 0.900 bits per heavy atom. The normalized spacial score (nSPS) is 11.9. The molecule has 0 aliphatic heterocycles. The fraction of sp³-hybridized carbons (Fsp3) is 0.156. The molecular weight excluding hydrogens is 565 g/mol. The van der Waals surface area contributed by atoms with Crippen LogP contribution >= 0.6 is 34.8 Å². The maximum Gasteiger partial charge on any atom is 0.266 e. The maximum atomic E-state index is 14.1. The zero-order valence-electron chi connectivity index (χ0n) is 21.9. The van der Waals surface area contributed by atoms with Crippen molar-refractivity contribution in [3.05, 3.63) is 139 Å². The van der Waals surface area contributed by atoms with Crippen molar-refractivity contribution in [2.75, 3.05) is 6.54 Å². The molecule has 0 spiro atoms. The van der Waals surface area contributed by atoms with Crippen LogP contribution in [0.1, 0.15) is 40.3 Å². The van der Waals surface area contributed by atoms with Gasteiger partial charge in [0.25, 0.3) is 11.5 Å². The molecule has 1 amide bonds. The molecule has 4 aromatic carbocycles. The van der Waals surface area contributed by atoms with E-state index >= 15 is 0 Å². The highest BCUT2D eigenvalue weighted by Gasteiger charge is 2.29. The number of aryl methyl sites for hydroxylation is 1. The minimum absolute atomic E-state index is 0.243. The van der Waals surface area contributed by atoms with Gasteiger partial charge in [0.2, 0.25) is 0 Å². The topological polar surface area (TPSA) is 55.2 Å². The second-order valence-corrected chi connectivity index (χ2v) is 10.9. The van der Waals surface area contributed by atoms with Crippen LogP contribution in [-0.4, -0.2) is 26.9 Å². The quantitative estimate of drug-likeness (QED) is 0.192. The number of hydrogen-bond acceptors (Lipinski definition) is 3. The molecule has 0 radical (unpaired) electrons. The maximum absolute atomic E-state index is 14.1. The molecule has 0 bridgehead atoms. The summed E-state index contributed by atoms with van der Waals surface area (Å²) in [5.41, 5.74) is 3.32. The molecule has 0 aliphatic rings. The third-order valence-corrected chi connectivity index (χ3v) is 7.68. The molecule has 40 heavy (non-hydrogen) atoms. The molecule has 0 saturated carbocycles. The minimum Gasteiger partial charge on any atom is -0.328 e. The van der Waals surface area contributed by atoms with Crippen molar-refractivity contribution in [1.29, 1.82) is 0 Å². The summed E-state index contributed by atoms with van der Waals surface area (Å²) in [6.45, 7) is 4.21. The van der Waals surface area contributed by atoms with Gasteiger partial charge in [-0.05, 0) is 74.4 Å². The number of amides is 1. The van der Waals surface area contributed by atoms with Crippen LogP contribution in [0.25, 0.3) is 16.6 Å². The monoisotopic (exact) mass is 589 g/mol. The first kappa shape index (κ1) is 27.9. The van der Waals surface area contributed by atoms with Crippen LogP contribution in [-0.2, 0) is 6.42 Å². The summed E-state index contributed by atoms with van der Waals surface area (Å²) in [6, 6.07) is 26.8. The van der Waals surface area contributed by atoms with E-state index in [-0.39, 0.29) is 16.5 Å². The van der Waals surface area contributed by atoms with E-state index < -0.39 is 6.04 Å². The van der Waals surface area contributed by atoms with Gasteiger partial charge in [-0.1, -0.05) is 82.8 Å². The van der Waals surface area contributed by atoms with Gasteiger partial charge in [-0.15, -0.1) is 0 Å². The summed E-state index contributed by atoms with van der Waals surface area (Å²) in [5, 5.41) is 1.59. The Balaban J connectivity index is 1.68.